The second-order valence-corrected chi connectivity index (χ2v) is 3.41. The highest BCUT2D eigenvalue weighted by atomic mass is 16.5. The molecule has 15 heavy (non-hydrogen) atoms. The minimum absolute atomic E-state index is 0.267. The molecule has 5 heteroatoms. The Kier molecular flexibility index (Phi) is 2.89. The van der Waals surface area contributed by atoms with Crippen molar-refractivity contribution in [1.29, 1.82) is 0 Å². The molecule has 0 spiro atoms. The molecule has 0 aliphatic heterocycles. The van der Waals surface area contributed by atoms with E-state index in [2.05, 4.69) is 9.97 Å². The zero-order chi connectivity index (χ0) is 10.7. The van der Waals surface area contributed by atoms with Gasteiger partial charge in [-0.3, -0.25) is 0 Å². The Morgan fingerprint density at radius 3 is 2.40 bits per heavy atom. The molecule has 1 aromatic heterocycles. The van der Waals surface area contributed by atoms with Crippen LogP contribution in [0.3, 0.4) is 0 Å². The third-order valence-corrected chi connectivity index (χ3v) is 2.39. The molecule has 0 radical (unpaired) electrons. The highest BCUT2D eigenvalue weighted by Crippen LogP contribution is 2.26. The highest BCUT2D eigenvalue weighted by Gasteiger charge is 2.20. The maximum absolute atomic E-state index is 5.62. The number of aromatic nitrogens is 2. The molecule has 2 rings (SSSR count). The maximum Gasteiger partial charge on any atom is 0.322 e. The fraction of sp³-hybridized carbons (Fsp3) is 0.600. The quantitative estimate of drug-likeness (QED) is 0.752. The second-order valence-electron chi connectivity index (χ2n) is 3.41. The van der Waals surface area contributed by atoms with E-state index in [1.54, 1.807) is 13.2 Å². The van der Waals surface area contributed by atoms with Gasteiger partial charge in [-0.15, -0.1) is 0 Å². The first-order valence-corrected chi connectivity index (χ1v) is 4.95. The lowest BCUT2D eigenvalue weighted by Crippen LogP contribution is -2.25. The Morgan fingerprint density at radius 1 is 1.13 bits per heavy atom. The minimum atomic E-state index is 0.267. The SMILES string of the molecule is COc1cc(OC2CCC2)nc(OC)n1. The van der Waals surface area contributed by atoms with Crippen LogP contribution in [0.15, 0.2) is 6.07 Å². The van der Waals surface area contributed by atoms with Crippen LogP contribution in [0.25, 0.3) is 0 Å². The van der Waals surface area contributed by atoms with Gasteiger partial charge in [-0.25, -0.2) is 0 Å². The van der Waals surface area contributed by atoms with Crippen molar-refractivity contribution in [3.8, 4) is 17.8 Å². The topological polar surface area (TPSA) is 53.5 Å². The predicted octanol–water partition coefficient (Wildman–Crippen LogP) is 1.43. The molecule has 5 nitrogen and oxygen atoms in total. The van der Waals surface area contributed by atoms with Gasteiger partial charge < -0.3 is 14.2 Å². The summed E-state index contributed by atoms with van der Waals surface area (Å²) in [4.78, 5) is 8.07. The molecule has 1 saturated carbocycles. The zero-order valence-corrected chi connectivity index (χ0v) is 8.90. The van der Waals surface area contributed by atoms with E-state index < -0.39 is 0 Å². The third kappa shape index (κ3) is 2.29. The zero-order valence-electron chi connectivity index (χ0n) is 8.90. The van der Waals surface area contributed by atoms with Crippen LogP contribution >= 0.6 is 0 Å². The van der Waals surface area contributed by atoms with Crippen LogP contribution in [0, 0.1) is 0 Å². The van der Waals surface area contributed by atoms with Crippen LogP contribution in [0.2, 0.25) is 0 Å². The largest absolute Gasteiger partial charge is 0.481 e. The van der Waals surface area contributed by atoms with E-state index in [-0.39, 0.29) is 12.1 Å². The van der Waals surface area contributed by atoms with Gasteiger partial charge in [0.2, 0.25) is 11.8 Å². The van der Waals surface area contributed by atoms with Gasteiger partial charge >= 0.3 is 6.01 Å². The first-order chi connectivity index (χ1) is 7.31. The standard InChI is InChI=1S/C10H14N2O3/c1-13-8-6-9(12-10(11-8)14-2)15-7-4-3-5-7/h6-7H,3-5H2,1-2H3. The van der Waals surface area contributed by atoms with E-state index >= 15 is 0 Å². The van der Waals surface area contributed by atoms with Gasteiger partial charge in [-0.1, -0.05) is 0 Å². The van der Waals surface area contributed by atoms with E-state index in [9.17, 15) is 0 Å². The average Bonchev–Trinajstić information content (AvgIpc) is 2.23. The fourth-order valence-corrected chi connectivity index (χ4v) is 1.30. The summed E-state index contributed by atoms with van der Waals surface area (Å²) in [7, 11) is 3.07. The van der Waals surface area contributed by atoms with E-state index in [4.69, 9.17) is 14.2 Å². The molecule has 0 aromatic carbocycles. The maximum atomic E-state index is 5.62. The molecular formula is C10H14N2O3. The summed E-state index contributed by atoms with van der Waals surface area (Å²) in [5.74, 6) is 0.972. The van der Waals surface area contributed by atoms with Crippen LogP contribution in [0.4, 0.5) is 0 Å². The summed E-state index contributed by atoms with van der Waals surface area (Å²) in [6.07, 6.45) is 3.70. The molecule has 0 unspecified atom stereocenters. The molecule has 0 atom stereocenters. The van der Waals surface area contributed by atoms with Crippen molar-refractivity contribution >= 4 is 0 Å². The summed E-state index contributed by atoms with van der Waals surface area (Å²) in [6, 6.07) is 1.93. The lowest BCUT2D eigenvalue weighted by Gasteiger charge is -2.25. The van der Waals surface area contributed by atoms with Gasteiger partial charge in [-0.2, -0.15) is 9.97 Å². The van der Waals surface area contributed by atoms with Gasteiger partial charge in [0, 0.05) is 0 Å². The normalized spacial score (nSPS) is 15.6. The van der Waals surface area contributed by atoms with Gasteiger partial charge in [0.15, 0.2) is 0 Å². The van der Waals surface area contributed by atoms with Crippen LogP contribution in [-0.4, -0.2) is 30.3 Å². The van der Waals surface area contributed by atoms with Gasteiger partial charge in [0.1, 0.15) is 6.10 Å². The fourth-order valence-electron chi connectivity index (χ4n) is 1.30. The molecule has 82 valence electrons. The van der Waals surface area contributed by atoms with Crippen LogP contribution in [0.5, 0.6) is 17.8 Å². The van der Waals surface area contributed by atoms with Crippen molar-refractivity contribution < 1.29 is 14.2 Å². The van der Waals surface area contributed by atoms with Crippen LogP contribution in [0.1, 0.15) is 19.3 Å². The lowest BCUT2D eigenvalue weighted by molar-refractivity contribution is 0.112. The van der Waals surface area contributed by atoms with Crippen molar-refractivity contribution in [2.75, 3.05) is 14.2 Å². The van der Waals surface area contributed by atoms with Crippen molar-refractivity contribution in [2.24, 2.45) is 0 Å². The van der Waals surface area contributed by atoms with Crippen LogP contribution < -0.4 is 14.2 Å². The number of nitrogens with zero attached hydrogens (tertiary/aromatic N) is 2. The number of methoxy groups -OCH3 is 2. The first kappa shape index (κ1) is 10.0. The van der Waals surface area contributed by atoms with Gasteiger partial charge in [0.05, 0.1) is 20.3 Å². The van der Waals surface area contributed by atoms with E-state index in [0.29, 0.717) is 11.8 Å². The molecule has 1 fully saturated rings. The molecule has 1 heterocycles. The summed E-state index contributed by atoms with van der Waals surface area (Å²) in [5, 5.41) is 0. The summed E-state index contributed by atoms with van der Waals surface area (Å²) < 4.78 is 15.6. The Morgan fingerprint density at radius 2 is 1.87 bits per heavy atom. The lowest BCUT2D eigenvalue weighted by atomic mass is 9.96. The monoisotopic (exact) mass is 210 g/mol. The predicted molar refractivity (Wildman–Crippen MR) is 53.4 cm³/mol. The summed E-state index contributed by atoms with van der Waals surface area (Å²) >= 11 is 0. The average molecular weight is 210 g/mol. The van der Waals surface area contributed by atoms with E-state index in [0.717, 1.165) is 12.8 Å². The van der Waals surface area contributed by atoms with E-state index in [1.807, 2.05) is 0 Å². The Balaban J connectivity index is 2.13. The van der Waals surface area contributed by atoms with Crippen molar-refractivity contribution in [1.82, 2.24) is 9.97 Å². The van der Waals surface area contributed by atoms with Crippen molar-refractivity contribution in [3.63, 3.8) is 0 Å². The molecule has 0 saturated heterocycles. The van der Waals surface area contributed by atoms with E-state index in [1.165, 1.54) is 13.5 Å². The smallest absolute Gasteiger partial charge is 0.322 e. The van der Waals surface area contributed by atoms with Gasteiger partial charge in [0.25, 0.3) is 0 Å². The Labute approximate surface area is 88.4 Å². The molecule has 0 amide bonds. The molecule has 1 aliphatic carbocycles. The van der Waals surface area contributed by atoms with Crippen molar-refractivity contribution in [2.45, 2.75) is 25.4 Å². The summed E-state index contributed by atoms with van der Waals surface area (Å²) in [6.45, 7) is 0. The molecule has 0 bridgehead atoms. The number of hydrogen-bond acceptors (Lipinski definition) is 5. The minimum Gasteiger partial charge on any atom is -0.481 e. The Hall–Kier alpha value is -1.52. The molecular weight excluding hydrogens is 196 g/mol. The third-order valence-electron chi connectivity index (χ3n) is 2.39. The number of rotatable bonds is 4. The number of hydrogen-bond donors (Lipinski definition) is 0. The number of ether oxygens (including phenoxy) is 3. The van der Waals surface area contributed by atoms with Crippen LogP contribution in [-0.2, 0) is 0 Å². The van der Waals surface area contributed by atoms with Crippen molar-refractivity contribution in [3.05, 3.63) is 6.07 Å². The van der Waals surface area contributed by atoms with Gasteiger partial charge in [-0.05, 0) is 19.3 Å². The Bertz CT molecular complexity index is 317. The molecule has 1 aliphatic rings. The second kappa shape index (κ2) is 4.33. The molecule has 1 aromatic rings. The first-order valence-electron chi connectivity index (χ1n) is 4.95. The summed E-state index contributed by atoms with van der Waals surface area (Å²) in [5.41, 5.74) is 0. The molecule has 0 N–H and O–H groups in total. The highest BCUT2D eigenvalue weighted by molar-refractivity contribution is 5.23.